The number of esters is 1. The first-order chi connectivity index (χ1) is 22.9. The van der Waals surface area contributed by atoms with Crippen LogP contribution in [0.1, 0.15) is 154 Å². The lowest BCUT2D eigenvalue weighted by molar-refractivity contribution is -0.141. The van der Waals surface area contributed by atoms with Crippen molar-refractivity contribution in [1.29, 1.82) is 0 Å². The second-order valence-corrected chi connectivity index (χ2v) is 18.1. The Bertz CT molecular complexity index is 725. The highest BCUT2D eigenvalue weighted by molar-refractivity contribution is 5.69. The maximum absolute atomic E-state index is 10.4. The summed E-state index contributed by atoms with van der Waals surface area (Å²) in [5, 5.41) is 0. The van der Waals surface area contributed by atoms with E-state index in [4.69, 9.17) is 9.47 Å². The molecule has 6 nitrogen and oxygen atoms in total. The molecule has 3 unspecified atom stereocenters. The van der Waals surface area contributed by atoms with Gasteiger partial charge in [-0.05, 0) is 113 Å². The summed E-state index contributed by atoms with van der Waals surface area (Å²) in [6, 6.07) is 0.889. The maximum Gasteiger partial charge on any atom is 0.305 e. The van der Waals surface area contributed by atoms with Crippen molar-refractivity contribution < 1.29 is 19.0 Å². The Morgan fingerprint density at radius 1 is 0.673 bits per heavy atom. The van der Waals surface area contributed by atoms with E-state index in [2.05, 4.69) is 105 Å². The summed E-state index contributed by atoms with van der Waals surface area (Å²) >= 11 is 0. The summed E-state index contributed by atoms with van der Waals surface area (Å²) in [7, 11) is 5.82. The number of methoxy groups -OCH3 is 1. The molecule has 0 spiro atoms. The van der Waals surface area contributed by atoms with Gasteiger partial charge in [-0.1, -0.05) is 103 Å². The van der Waals surface area contributed by atoms with E-state index in [0.717, 1.165) is 80.4 Å². The fraction of sp³-hybridized carbons (Fsp3) is 0.977. The van der Waals surface area contributed by atoms with Crippen LogP contribution in [-0.2, 0) is 19.0 Å². The van der Waals surface area contributed by atoms with Gasteiger partial charge in [-0.3, -0.25) is 4.79 Å². The number of likely N-dealkylation sites (N-methyl/N-ethyl adjacent to an activating group) is 1. The van der Waals surface area contributed by atoms with E-state index < -0.39 is 0 Å². The molecule has 3 atom stereocenters. The standard InChI is InChI=1S/C9H19NO.C9H19N.C8H16O.C7H14.C6H12O2.C4H10/c1-8(2)6-9-7-10(3)4-5-11-9;1-8(2)7-9-5-4-6-10(9)3;1-7(2)5-8-3-4-9-6-8;1-6(2)5-7-3-4-7;1-5(2)4-6(7)8-3;1-4(2)3/h8-9H,4-7H2,1-3H3;8-9H,4-7H2,1-3H3;7-8H,3-6H2,1-2H3;6-7H,3-5H2,1-2H3;5H,4H2,1-3H3;4H,1-3H3. The zero-order valence-electron chi connectivity index (χ0n) is 36.1. The van der Waals surface area contributed by atoms with Crippen molar-refractivity contribution in [3.63, 3.8) is 0 Å². The summed E-state index contributed by atoms with van der Waals surface area (Å²) in [4.78, 5) is 15.2. The van der Waals surface area contributed by atoms with Gasteiger partial charge < -0.3 is 24.0 Å². The van der Waals surface area contributed by atoms with Gasteiger partial charge in [0, 0.05) is 38.8 Å². The Morgan fingerprint density at radius 2 is 1.20 bits per heavy atom. The van der Waals surface area contributed by atoms with Crippen molar-refractivity contribution in [3.8, 4) is 0 Å². The van der Waals surface area contributed by atoms with E-state index in [0.29, 0.717) is 18.4 Å². The number of nitrogens with zero attached hydrogens (tertiary/aromatic N) is 2. The Kier molecular flexibility index (Phi) is 31.8. The molecule has 4 fully saturated rings. The van der Waals surface area contributed by atoms with E-state index in [-0.39, 0.29) is 5.97 Å². The Labute approximate surface area is 308 Å². The smallest absolute Gasteiger partial charge is 0.305 e. The molecule has 4 aliphatic rings. The van der Waals surface area contributed by atoms with Crippen LogP contribution in [0.25, 0.3) is 0 Å². The SMILES string of the molecule is CC(C)C.CC(C)CC1CC1.CC(C)CC1CCCN1C.CC(C)CC1CCOC1.CC(C)CC1CN(C)CCO1.COC(=O)CC(C)C. The summed E-state index contributed by atoms with van der Waals surface area (Å²) in [6.07, 6.45) is 13.6. The lowest BCUT2D eigenvalue weighted by atomic mass is 9.97. The highest BCUT2D eigenvalue weighted by Crippen LogP contribution is 2.34. The van der Waals surface area contributed by atoms with Gasteiger partial charge in [0.25, 0.3) is 0 Å². The lowest BCUT2D eigenvalue weighted by Gasteiger charge is -2.30. The van der Waals surface area contributed by atoms with Crippen molar-refractivity contribution in [2.45, 2.75) is 166 Å². The summed E-state index contributed by atoms with van der Waals surface area (Å²) in [5.41, 5.74) is 0. The van der Waals surface area contributed by atoms with E-state index in [1.165, 1.54) is 71.4 Å². The number of hydrogen-bond donors (Lipinski definition) is 0. The van der Waals surface area contributed by atoms with Gasteiger partial charge >= 0.3 is 5.97 Å². The van der Waals surface area contributed by atoms with Gasteiger partial charge in [-0.25, -0.2) is 0 Å². The van der Waals surface area contributed by atoms with Gasteiger partial charge in [0.1, 0.15) is 0 Å². The largest absolute Gasteiger partial charge is 0.469 e. The zero-order valence-corrected chi connectivity index (χ0v) is 36.1. The van der Waals surface area contributed by atoms with Crippen molar-refractivity contribution in [2.24, 2.45) is 47.3 Å². The maximum atomic E-state index is 10.4. The molecule has 4 rings (SSSR count). The highest BCUT2D eigenvalue weighted by atomic mass is 16.5. The molecule has 0 bridgehead atoms. The quantitative estimate of drug-likeness (QED) is 0.212. The normalized spacial score (nSPS) is 22.4. The minimum atomic E-state index is -0.125. The summed E-state index contributed by atoms with van der Waals surface area (Å²) in [5.74, 6) is 6.51. The third kappa shape index (κ3) is 36.9. The fourth-order valence-electron chi connectivity index (χ4n) is 6.23. The lowest BCUT2D eigenvalue weighted by Crippen LogP contribution is -2.40. The van der Waals surface area contributed by atoms with Crippen LogP contribution >= 0.6 is 0 Å². The van der Waals surface area contributed by atoms with Crippen LogP contribution in [0.3, 0.4) is 0 Å². The van der Waals surface area contributed by atoms with Gasteiger partial charge in [0.15, 0.2) is 0 Å². The topological polar surface area (TPSA) is 51.2 Å². The predicted molar refractivity (Wildman–Crippen MR) is 214 cm³/mol. The molecule has 0 aromatic carbocycles. The average molecular weight is 699 g/mol. The van der Waals surface area contributed by atoms with Crippen LogP contribution in [0.5, 0.6) is 0 Å². The first-order valence-electron chi connectivity index (χ1n) is 20.5. The van der Waals surface area contributed by atoms with Crippen molar-refractivity contribution >= 4 is 5.97 Å². The van der Waals surface area contributed by atoms with Gasteiger partial charge in [-0.2, -0.15) is 0 Å². The van der Waals surface area contributed by atoms with Crippen LogP contribution in [-0.4, -0.2) is 88.6 Å². The molecule has 1 saturated carbocycles. The number of carbonyl (C=O) groups excluding carboxylic acids is 1. The fourth-order valence-corrected chi connectivity index (χ4v) is 6.23. The molecule has 0 radical (unpaired) electrons. The third-order valence-corrected chi connectivity index (χ3v) is 8.62. The predicted octanol–water partition coefficient (Wildman–Crippen LogP) is 10.9. The molecular formula is C43H90N2O4. The Hall–Kier alpha value is -0.690. The number of carbonyl (C=O) groups is 1. The molecule has 49 heavy (non-hydrogen) atoms. The van der Waals surface area contributed by atoms with Crippen LogP contribution in [0, 0.1) is 47.3 Å². The molecule has 0 N–H and O–H groups in total. The number of likely N-dealkylation sites (tertiary alicyclic amines) is 1. The van der Waals surface area contributed by atoms with Crippen molar-refractivity contribution in [2.75, 3.05) is 60.7 Å². The molecule has 3 heterocycles. The monoisotopic (exact) mass is 699 g/mol. The van der Waals surface area contributed by atoms with E-state index >= 15 is 0 Å². The molecule has 296 valence electrons. The minimum absolute atomic E-state index is 0.125. The minimum Gasteiger partial charge on any atom is -0.469 e. The number of rotatable bonds is 10. The van der Waals surface area contributed by atoms with Gasteiger partial charge in [0.2, 0.25) is 0 Å². The first-order valence-corrected chi connectivity index (χ1v) is 20.5. The zero-order chi connectivity index (χ0) is 37.9. The highest BCUT2D eigenvalue weighted by Gasteiger charge is 2.22. The Morgan fingerprint density at radius 3 is 1.53 bits per heavy atom. The molecule has 6 heteroatoms. The molecular weight excluding hydrogens is 608 g/mol. The summed E-state index contributed by atoms with van der Waals surface area (Å²) in [6.45, 7) is 35.2. The first kappa shape index (κ1) is 50.4. The van der Waals surface area contributed by atoms with Gasteiger partial charge in [0.05, 0.1) is 19.8 Å². The third-order valence-electron chi connectivity index (χ3n) is 8.62. The average Bonchev–Trinajstić information content (AvgIpc) is 3.44. The number of morpholine rings is 1. The van der Waals surface area contributed by atoms with Gasteiger partial charge in [-0.15, -0.1) is 0 Å². The van der Waals surface area contributed by atoms with Crippen LogP contribution in [0.2, 0.25) is 0 Å². The van der Waals surface area contributed by atoms with E-state index in [1.807, 2.05) is 13.8 Å². The van der Waals surface area contributed by atoms with Crippen molar-refractivity contribution in [1.82, 2.24) is 9.80 Å². The molecule has 3 saturated heterocycles. The second-order valence-electron chi connectivity index (χ2n) is 18.1. The number of hydrogen-bond acceptors (Lipinski definition) is 6. The Balaban J connectivity index is 0. The van der Waals surface area contributed by atoms with Crippen LogP contribution < -0.4 is 0 Å². The summed E-state index contributed by atoms with van der Waals surface area (Å²) < 4.78 is 15.3. The van der Waals surface area contributed by atoms with Crippen LogP contribution in [0.4, 0.5) is 0 Å². The number of ether oxygens (including phenoxy) is 3. The molecule has 3 aliphatic heterocycles. The molecule has 0 aromatic rings. The van der Waals surface area contributed by atoms with Crippen molar-refractivity contribution in [3.05, 3.63) is 0 Å². The second kappa shape index (κ2) is 30.9. The van der Waals surface area contributed by atoms with Crippen LogP contribution in [0.15, 0.2) is 0 Å². The molecule has 0 aromatic heterocycles. The van der Waals surface area contributed by atoms with E-state index in [1.54, 1.807) is 0 Å². The van der Waals surface area contributed by atoms with E-state index in [9.17, 15) is 4.79 Å². The molecule has 0 amide bonds. The molecule has 1 aliphatic carbocycles.